The van der Waals surface area contributed by atoms with Crippen LogP contribution >= 0.6 is 0 Å². The Bertz CT molecular complexity index is 816. The highest BCUT2D eigenvalue weighted by atomic mass is 16.5. The van der Waals surface area contributed by atoms with Crippen molar-refractivity contribution in [2.45, 2.75) is 0 Å². The molecule has 132 valence electrons. The van der Waals surface area contributed by atoms with Crippen LogP contribution in [0, 0.1) is 0 Å². The smallest absolute Gasteiger partial charge is 0.200 e. The largest absolute Gasteiger partial charge is 0.502 e. The molecule has 0 atom stereocenters. The first-order valence-electron chi connectivity index (χ1n) is 8.12. The zero-order valence-electron chi connectivity index (χ0n) is 14.7. The fraction of sp³-hybridized carbons (Fsp3) is 0.0952. The standard InChI is InChI=1S/C21H20N2O3/c1-25-19-13-16(14-20(26-2)21(19)24)15-22-23(17-9-5-3-6-10-17)18-11-7-4-8-12-18/h3-15,24H,1-2H3. The van der Waals surface area contributed by atoms with Crippen LogP contribution in [0.2, 0.25) is 0 Å². The van der Waals surface area contributed by atoms with Crippen LogP contribution in [0.3, 0.4) is 0 Å². The molecule has 0 amide bonds. The van der Waals surface area contributed by atoms with Crippen LogP contribution in [0.5, 0.6) is 17.2 Å². The van der Waals surface area contributed by atoms with Gasteiger partial charge in [0.2, 0.25) is 5.75 Å². The minimum atomic E-state index is -0.0323. The van der Waals surface area contributed by atoms with Crippen molar-refractivity contribution in [1.29, 1.82) is 0 Å². The second-order valence-corrected chi connectivity index (χ2v) is 5.50. The summed E-state index contributed by atoms with van der Waals surface area (Å²) in [5.74, 6) is 0.628. The van der Waals surface area contributed by atoms with Crippen molar-refractivity contribution in [3.63, 3.8) is 0 Å². The van der Waals surface area contributed by atoms with Gasteiger partial charge in [0.15, 0.2) is 11.5 Å². The Balaban J connectivity index is 2.00. The number of hydrazone groups is 1. The second kappa shape index (κ2) is 8.07. The summed E-state index contributed by atoms with van der Waals surface area (Å²) >= 11 is 0. The van der Waals surface area contributed by atoms with Crippen molar-refractivity contribution in [2.24, 2.45) is 5.10 Å². The van der Waals surface area contributed by atoms with Crippen LogP contribution in [-0.2, 0) is 0 Å². The first-order chi connectivity index (χ1) is 12.7. The number of phenols is 1. The van der Waals surface area contributed by atoms with Gasteiger partial charge in [-0.15, -0.1) is 0 Å². The maximum absolute atomic E-state index is 10.0. The molecule has 1 N–H and O–H groups in total. The van der Waals surface area contributed by atoms with Gasteiger partial charge in [-0.2, -0.15) is 5.10 Å². The van der Waals surface area contributed by atoms with E-state index < -0.39 is 0 Å². The van der Waals surface area contributed by atoms with E-state index in [0.717, 1.165) is 16.9 Å². The van der Waals surface area contributed by atoms with Gasteiger partial charge in [-0.05, 0) is 36.4 Å². The van der Waals surface area contributed by atoms with Crippen molar-refractivity contribution in [3.05, 3.63) is 78.4 Å². The van der Waals surface area contributed by atoms with Gasteiger partial charge in [-0.1, -0.05) is 36.4 Å². The topological polar surface area (TPSA) is 54.3 Å². The fourth-order valence-corrected chi connectivity index (χ4v) is 2.53. The number of nitrogens with zero attached hydrogens (tertiary/aromatic N) is 2. The van der Waals surface area contributed by atoms with Crippen LogP contribution < -0.4 is 14.5 Å². The molecule has 26 heavy (non-hydrogen) atoms. The first-order valence-corrected chi connectivity index (χ1v) is 8.12. The number of benzene rings is 3. The summed E-state index contributed by atoms with van der Waals surface area (Å²) in [7, 11) is 2.99. The molecule has 3 aromatic rings. The number of para-hydroxylation sites is 2. The molecule has 0 fully saturated rings. The number of methoxy groups -OCH3 is 2. The quantitative estimate of drug-likeness (QED) is 0.523. The zero-order valence-corrected chi connectivity index (χ0v) is 14.7. The highest BCUT2D eigenvalue weighted by molar-refractivity contribution is 5.84. The number of ether oxygens (including phenoxy) is 2. The lowest BCUT2D eigenvalue weighted by molar-refractivity contribution is 0.340. The molecule has 3 rings (SSSR count). The van der Waals surface area contributed by atoms with Crippen LogP contribution in [0.25, 0.3) is 0 Å². The lowest BCUT2D eigenvalue weighted by Crippen LogP contribution is -2.09. The molecule has 5 nitrogen and oxygen atoms in total. The predicted molar refractivity (Wildman–Crippen MR) is 104 cm³/mol. The molecule has 0 saturated carbocycles. The van der Waals surface area contributed by atoms with E-state index in [9.17, 15) is 5.11 Å². The van der Waals surface area contributed by atoms with Crippen LogP contribution in [0.1, 0.15) is 5.56 Å². The van der Waals surface area contributed by atoms with Gasteiger partial charge < -0.3 is 14.6 Å². The number of hydrogen-bond donors (Lipinski definition) is 1. The van der Waals surface area contributed by atoms with Gasteiger partial charge in [-0.25, -0.2) is 5.01 Å². The lowest BCUT2D eigenvalue weighted by Gasteiger charge is -2.19. The summed E-state index contributed by atoms with van der Waals surface area (Å²) in [5, 5.41) is 16.5. The number of phenolic OH excluding ortho intramolecular Hbond substituents is 1. The summed E-state index contributed by atoms with van der Waals surface area (Å²) in [4.78, 5) is 0. The molecular formula is C21H20N2O3. The third kappa shape index (κ3) is 3.78. The molecule has 5 heteroatoms. The molecule has 0 radical (unpaired) electrons. The Kier molecular flexibility index (Phi) is 5.39. The summed E-state index contributed by atoms with van der Waals surface area (Å²) in [6.07, 6.45) is 1.70. The molecule has 0 bridgehead atoms. The lowest BCUT2D eigenvalue weighted by atomic mass is 10.2. The van der Waals surface area contributed by atoms with Crippen LogP contribution in [-0.4, -0.2) is 25.5 Å². The summed E-state index contributed by atoms with van der Waals surface area (Å²) in [6.45, 7) is 0. The van der Waals surface area contributed by atoms with E-state index in [4.69, 9.17) is 9.47 Å². The molecule has 0 spiro atoms. The maximum Gasteiger partial charge on any atom is 0.200 e. The van der Waals surface area contributed by atoms with Crippen molar-refractivity contribution < 1.29 is 14.6 Å². The molecule has 0 saturated heterocycles. The van der Waals surface area contributed by atoms with E-state index in [0.29, 0.717) is 11.5 Å². The van der Waals surface area contributed by atoms with Gasteiger partial charge in [0.1, 0.15) is 0 Å². The Morgan fingerprint density at radius 2 is 1.27 bits per heavy atom. The van der Waals surface area contributed by atoms with Gasteiger partial charge in [0, 0.05) is 5.56 Å². The molecule has 0 aliphatic rings. The van der Waals surface area contributed by atoms with Gasteiger partial charge >= 0.3 is 0 Å². The predicted octanol–water partition coefficient (Wildman–Crippen LogP) is 4.58. The van der Waals surface area contributed by atoms with Crippen LogP contribution in [0.15, 0.2) is 77.9 Å². The van der Waals surface area contributed by atoms with E-state index in [1.807, 2.05) is 65.7 Å². The Morgan fingerprint density at radius 3 is 1.69 bits per heavy atom. The number of anilines is 2. The van der Waals surface area contributed by atoms with E-state index >= 15 is 0 Å². The van der Waals surface area contributed by atoms with Crippen molar-refractivity contribution in [2.75, 3.05) is 19.2 Å². The average Bonchev–Trinajstić information content (AvgIpc) is 2.70. The van der Waals surface area contributed by atoms with Crippen molar-refractivity contribution >= 4 is 17.6 Å². The van der Waals surface area contributed by atoms with E-state index in [1.165, 1.54) is 14.2 Å². The second-order valence-electron chi connectivity index (χ2n) is 5.50. The normalized spacial score (nSPS) is 10.7. The Labute approximate surface area is 152 Å². The highest BCUT2D eigenvalue weighted by Crippen LogP contribution is 2.36. The minimum absolute atomic E-state index is 0.0323. The molecule has 0 aliphatic heterocycles. The van der Waals surface area contributed by atoms with E-state index in [-0.39, 0.29) is 5.75 Å². The van der Waals surface area contributed by atoms with Gasteiger partial charge in [-0.3, -0.25) is 0 Å². The van der Waals surface area contributed by atoms with Crippen molar-refractivity contribution in [1.82, 2.24) is 0 Å². The first kappa shape index (κ1) is 17.4. The average molecular weight is 348 g/mol. The number of hydrogen-bond acceptors (Lipinski definition) is 5. The molecule has 0 unspecified atom stereocenters. The van der Waals surface area contributed by atoms with Crippen molar-refractivity contribution in [3.8, 4) is 17.2 Å². The molecule has 3 aromatic carbocycles. The number of aromatic hydroxyl groups is 1. The molecular weight excluding hydrogens is 328 g/mol. The highest BCUT2D eigenvalue weighted by Gasteiger charge is 2.11. The monoisotopic (exact) mass is 348 g/mol. The Morgan fingerprint density at radius 1 is 0.808 bits per heavy atom. The fourth-order valence-electron chi connectivity index (χ4n) is 2.53. The van der Waals surface area contributed by atoms with Gasteiger partial charge in [0.25, 0.3) is 0 Å². The minimum Gasteiger partial charge on any atom is -0.502 e. The molecule has 0 aliphatic carbocycles. The molecule has 0 heterocycles. The van der Waals surface area contributed by atoms with Gasteiger partial charge in [0.05, 0.1) is 31.8 Å². The maximum atomic E-state index is 10.0. The van der Waals surface area contributed by atoms with E-state index in [1.54, 1.807) is 18.3 Å². The van der Waals surface area contributed by atoms with E-state index in [2.05, 4.69) is 5.10 Å². The number of rotatable bonds is 6. The molecule has 0 aromatic heterocycles. The van der Waals surface area contributed by atoms with Crippen LogP contribution in [0.4, 0.5) is 11.4 Å². The summed E-state index contributed by atoms with van der Waals surface area (Å²) in [6, 6.07) is 23.2. The Hall–Kier alpha value is -3.47. The third-order valence-corrected chi connectivity index (χ3v) is 3.83. The zero-order chi connectivity index (χ0) is 18.4. The summed E-state index contributed by atoms with van der Waals surface area (Å²) < 4.78 is 10.4. The SMILES string of the molecule is COc1cc(C=NN(c2ccccc2)c2ccccc2)cc(OC)c1O. The summed E-state index contributed by atoms with van der Waals surface area (Å²) in [5.41, 5.74) is 2.62. The third-order valence-electron chi connectivity index (χ3n) is 3.83.